The maximum absolute atomic E-state index is 11.8. The van der Waals surface area contributed by atoms with Crippen LogP contribution in [0, 0.1) is 5.92 Å². The molecule has 1 aliphatic carbocycles. The quantitative estimate of drug-likeness (QED) is 0.786. The zero-order valence-electron chi connectivity index (χ0n) is 11.5. The maximum atomic E-state index is 11.8. The zero-order chi connectivity index (χ0) is 13.8. The molecule has 0 unspecified atom stereocenters. The van der Waals surface area contributed by atoms with E-state index < -0.39 is 10.0 Å². The monoisotopic (exact) mass is 276 g/mol. The fourth-order valence-electron chi connectivity index (χ4n) is 2.23. The van der Waals surface area contributed by atoms with E-state index >= 15 is 0 Å². The number of nitrogens with zero attached hydrogens (tertiary/aromatic N) is 1. The molecule has 0 radical (unpaired) electrons. The first-order valence-electron chi connectivity index (χ1n) is 6.53. The number of carbonyl (C=O) groups is 1. The molecule has 6 heteroatoms. The van der Waals surface area contributed by atoms with Crippen LogP contribution >= 0.6 is 0 Å². The van der Waals surface area contributed by atoms with Gasteiger partial charge in [-0.2, -0.15) is 4.31 Å². The molecule has 0 spiro atoms. The Balaban J connectivity index is 2.51. The summed E-state index contributed by atoms with van der Waals surface area (Å²) >= 11 is 0. The van der Waals surface area contributed by atoms with E-state index in [9.17, 15) is 13.2 Å². The number of sulfonamides is 1. The molecule has 18 heavy (non-hydrogen) atoms. The van der Waals surface area contributed by atoms with Crippen LogP contribution in [0.1, 0.15) is 39.5 Å². The maximum Gasteiger partial charge on any atom is 0.235 e. The number of hydrogen-bond donors (Lipinski definition) is 1. The van der Waals surface area contributed by atoms with Crippen LogP contribution in [0.3, 0.4) is 0 Å². The van der Waals surface area contributed by atoms with Crippen LogP contribution in [0.15, 0.2) is 0 Å². The summed E-state index contributed by atoms with van der Waals surface area (Å²) in [6, 6.07) is 0.234. The summed E-state index contributed by atoms with van der Waals surface area (Å²) in [5.41, 5.74) is 0. The Morgan fingerprint density at radius 2 is 1.89 bits per heavy atom. The Morgan fingerprint density at radius 1 is 1.33 bits per heavy atom. The van der Waals surface area contributed by atoms with Gasteiger partial charge < -0.3 is 5.32 Å². The van der Waals surface area contributed by atoms with Gasteiger partial charge in [0.25, 0.3) is 0 Å². The van der Waals surface area contributed by atoms with Gasteiger partial charge in [0.1, 0.15) is 0 Å². The first-order chi connectivity index (χ1) is 8.29. The van der Waals surface area contributed by atoms with E-state index in [1.807, 2.05) is 13.8 Å². The number of rotatable bonds is 6. The highest BCUT2D eigenvalue weighted by Gasteiger charge is 2.23. The van der Waals surface area contributed by atoms with Crippen molar-refractivity contribution in [3.05, 3.63) is 0 Å². The lowest BCUT2D eigenvalue weighted by molar-refractivity contribution is -0.122. The highest BCUT2D eigenvalue weighted by atomic mass is 32.2. The van der Waals surface area contributed by atoms with E-state index in [-0.39, 0.29) is 24.4 Å². The van der Waals surface area contributed by atoms with Crippen molar-refractivity contribution in [3.8, 4) is 0 Å². The second-order valence-electron chi connectivity index (χ2n) is 5.50. The van der Waals surface area contributed by atoms with Gasteiger partial charge >= 0.3 is 0 Å². The van der Waals surface area contributed by atoms with Gasteiger partial charge in [-0.05, 0) is 18.8 Å². The zero-order valence-corrected chi connectivity index (χ0v) is 12.3. The molecule has 1 amide bonds. The molecule has 0 saturated heterocycles. The smallest absolute Gasteiger partial charge is 0.235 e. The molecule has 106 valence electrons. The molecule has 0 aromatic carbocycles. The molecule has 0 aromatic rings. The van der Waals surface area contributed by atoms with Crippen molar-refractivity contribution >= 4 is 15.9 Å². The van der Waals surface area contributed by atoms with Crippen molar-refractivity contribution in [2.45, 2.75) is 45.6 Å². The summed E-state index contributed by atoms with van der Waals surface area (Å²) in [6.07, 6.45) is 5.46. The molecular formula is C12H24N2O3S. The number of nitrogens with one attached hydrogen (secondary N) is 1. The van der Waals surface area contributed by atoms with E-state index in [1.165, 1.54) is 4.31 Å². The van der Waals surface area contributed by atoms with Gasteiger partial charge in [0.2, 0.25) is 15.9 Å². The van der Waals surface area contributed by atoms with Gasteiger partial charge in [0.05, 0.1) is 12.8 Å². The molecule has 1 N–H and O–H groups in total. The Hall–Kier alpha value is -0.620. The van der Waals surface area contributed by atoms with Crippen molar-refractivity contribution in [2.75, 3.05) is 19.3 Å². The number of amides is 1. The van der Waals surface area contributed by atoms with Crippen molar-refractivity contribution in [2.24, 2.45) is 5.92 Å². The highest BCUT2D eigenvalue weighted by Crippen LogP contribution is 2.17. The molecule has 0 heterocycles. The van der Waals surface area contributed by atoms with E-state index in [0.717, 1.165) is 31.9 Å². The summed E-state index contributed by atoms with van der Waals surface area (Å²) < 4.78 is 24.4. The van der Waals surface area contributed by atoms with Gasteiger partial charge in [-0.1, -0.05) is 26.7 Å². The molecule has 1 fully saturated rings. The summed E-state index contributed by atoms with van der Waals surface area (Å²) in [6.45, 7) is 4.20. The molecule has 0 bridgehead atoms. The van der Waals surface area contributed by atoms with Crippen LogP contribution in [0.2, 0.25) is 0 Å². The summed E-state index contributed by atoms with van der Waals surface area (Å²) in [5.74, 6) is 0.0204. The Kier molecular flexibility index (Phi) is 5.59. The summed E-state index contributed by atoms with van der Waals surface area (Å²) in [5, 5.41) is 2.91. The van der Waals surface area contributed by atoms with Crippen molar-refractivity contribution in [3.63, 3.8) is 0 Å². The topological polar surface area (TPSA) is 66.5 Å². The molecule has 0 atom stereocenters. The van der Waals surface area contributed by atoms with Crippen LogP contribution in [0.25, 0.3) is 0 Å². The Morgan fingerprint density at radius 3 is 2.33 bits per heavy atom. The van der Waals surface area contributed by atoms with Gasteiger partial charge in [-0.15, -0.1) is 0 Å². The van der Waals surface area contributed by atoms with Crippen LogP contribution in [-0.2, 0) is 14.8 Å². The lowest BCUT2D eigenvalue weighted by Gasteiger charge is -2.22. The van der Waals surface area contributed by atoms with Crippen LogP contribution in [0.4, 0.5) is 0 Å². The van der Waals surface area contributed by atoms with Gasteiger partial charge in [0, 0.05) is 12.6 Å². The van der Waals surface area contributed by atoms with E-state index in [1.54, 1.807) is 0 Å². The van der Waals surface area contributed by atoms with Crippen LogP contribution < -0.4 is 5.32 Å². The first-order valence-corrected chi connectivity index (χ1v) is 8.38. The minimum Gasteiger partial charge on any atom is -0.352 e. The van der Waals surface area contributed by atoms with Gasteiger partial charge in [0.15, 0.2) is 0 Å². The molecule has 5 nitrogen and oxygen atoms in total. The van der Waals surface area contributed by atoms with Crippen molar-refractivity contribution in [1.29, 1.82) is 0 Å². The highest BCUT2D eigenvalue weighted by molar-refractivity contribution is 7.88. The predicted octanol–water partition coefficient (Wildman–Crippen LogP) is 0.963. The average Bonchev–Trinajstić information content (AvgIpc) is 2.67. The predicted molar refractivity (Wildman–Crippen MR) is 71.7 cm³/mol. The number of carbonyl (C=O) groups excluding carboxylic acids is 1. The fourth-order valence-corrected chi connectivity index (χ4v) is 3.15. The fraction of sp³-hybridized carbons (Fsp3) is 0.917. The summed E-state index contributed by atoms with van der Waals surface area (Å²) in [4.78, 5) is 11.8. The third-order valence-corrected chi connectivity index (χ3v) is 4.29. The van der Waals surface area contributed by atoms with E-state index in [0.29, 0.717) is 6.54 Å². The van der Waals surface area contributed by atoms with Crippen LogP contribution in [-0.4, -0.2) is 44.0 Å². The van der Waals surface area contributed by atoms with Gasteiger partial charge in [-0.3, -0.25) is 4.79 Å². The third-order valence-electron chi connectivity index (χ3n) is 3.08. The molecule has 1 aliphatic rings. The lowest BCUT2D eigenvalue weighted by atomic mass is 10.2. The second-order valence-corrected chi connectivity index (χ2v) is 7.48. The minimum absolute atomic E-state index is 0.0620. The Labute approximate surface area is 110 Å². The molecule has 0 aromatic heterocycles. The molecular weight excluding hydrogens is 252 g/mol. The first kappa shape index (κ1) is 15.4. The number of hydrogen-bond acceptors (Lipinski definition) is 3. The minimum atomic E-state index is -3.32. The Bertz CT molecular complexity index is 373. The third kappa shape index (κ3) is 5.35. The SMILES string of the molecule is CC(C)CN(CC(=O)NC1CCCC1)S(C)(=O)=O. The molecule has 1 saturated carbocycles. The average molecular weight is 276 g/mol. The van der Waals surface area contributed by atoms with Crippen molar-refractivity contribution in [1.82, 2.24) is 9.62 Å². The largest absolute Gasteiger partial charge is 0.352 e. The normalized spacial score (nSPS) is 17.6. The molecule has 1 rings (SSSR count). The van der Waals surface area contributed by atoms with Crippen LogP contribution in [0.5, 0.6) is 0 Å². The summed E-state index contributed by atoms with van der Waals surface area (Å²) in [7, 11) is -3.32. The molecule has 0 aliphatic heterocycles. The van der Waals surface area contributed by atoms with E-state index in [2.05, 4.69) is 5.32 Å². The van der Waals surface area contributed by atoms with Gasteiger partial charge in [-0.25, -0.2) is 8.42 Å². The lowest BCUT2D eigenvalue weighted by Crippen LogP contribution is -2.44. The van der Waals surface area contributed by atoms with E-state index in [4.69, 9.17) is 0 Å². The second kappa shape index (κ2) is 6.52. The standard InChI is InChI=1S/C12H24N2O3S/c1-10(2)8-14(18(3,16)17)9-12(15)13-11-6-4-5-7-11/h10-11H,4-9H2,1-3H3,(H,13,15). The van der Waals surface area contributed by atoms with Crippen molar-refractivity contribution < 1.29 is 13.2 Å².